The van der Waals surface area contributed by atoms with E-state index in [1.165, 1.54) is 24.8 Å². The van der Waals surface area contributed by atoms with E-state index in [0.717, 1.165) is 45.3 Å². The van der Waals surface area contributed by atoms with Gasteiger partial charge in [-0.3, -0.25) is 9.69 Å². The Hall–Kier alpha value is -2.22. The summed E-state index contributed by atoms with van der Waals surface area (Å²) in [7, 11) is -3.48. The fourth-order valence-corrected chi connectivity index (χ4v) is 6.00. The summed E-state index contributed by atoms with van der Waals surface area (Å²) in [4.78, 5) is 15.4. The summed E-state index contributed by atoms with van der Waals surface area (Å²) in [5.41, 5.74) is 2.39. The lowest BCUT2D eigenvalue weighted by atomic mass is 10.1. The predicted molar refractivity (Wildman–Crippen MR) is 127 cm³/mol. The SMILES string of the molecule is O=C(Nc1ccc(S(=O)(=O)N2CCCCCC2)cc1)c1ccc(CN2CCCCC2)cc1. The molecule has 1 amide bonds. The lowest BCUT2D eigenvalue weighted by Crippen LogP contribution is -2.31. The highest BCUT2D eigenvalue weighted by atomic mass is 32.2. The van der Waals surface area contributed by atoms with Crippen molar-refractivity contribution in [1.29, 1.82) is 0 Å². The van der Waals surface area contributed by atoms with Crippen molar-refractivity contribution >= 4 is 21.6 Å². The number of amides is 1. The molecular formula is C25H33N3O3S. The maximum Gasteiger partial charge on any atom is 0.255 e. The first kappa shape index (κ1) is 23.0. The van der Waals surface area contributed by atoms with Crippen LogP contribution >= 0.6 is 0 Å². The number of nitrogens with one attached hydrogen (secondary N) is 1. The topological polar surface area (TPSA) is 69.7 Å². The van der Waals surface area contributed by atoms with Crippen molar-refractivity contribution in [2.75, 3.05) is 31.5 Å². The Kier molecular flexibility index (Phi) is 7.60. The number of rotatable bonds is 6. The molecule has 1 N–H and O–H groups in total. The van der Waals surface area contributed by atoms with Gasteiger partial charge in [0.05, 0.1) is 4.90 Å². The van der Waals surface area contributed by atoms with Crippen LogP contribution in [0, 0.1) is 0 Å². The molecule has 7 heteroatoms. The number of sulfonamides is 1. The van der Waals surface area contributed by atoms with E-state index in [1.807, 2.05) is 24.3 Å². The van der Waals surface area contributed by atoms with Gasteiger partial charge in [-0.25, -0.2) is 8.42 Å². The van der Waals surface area contributed by atoms with Crippen LogP contribution in [0.1, 0.15) is 60.9 Å². The number of anilines is 1. The van der Waals surface area contributed by atoms with E-state index in [1.54, 1.807) is 28.6 Å². The highest BCUT2D eigenvalue weighted by Crippen LogP contribution is 2.22. The smallest absolute Gasteiger partial charge is 0.255 e. The lowest BCUT2D eigenvalue weighted by molar-refractivity contribution is 0.102. The van der Waals surface area contributed by atoms with Crippen molar-refractivity contribution in [3.05, 3.63) is 59.7 Å². The molecule has 2 aromatic rings. The molecule has 2 aliphatic rings. The van der Waals surface area contributed by atoms with Gasteiger partial charge in [0.15, 0.2) is 0 Å². The second kappa shape index (κ2) is 10.6. The summed E-state index contributed by atoms with van der Waals surface area (Å²) in [5, 5.41) is 2.87. The molecule has 0 spiro atoms. The summed E-state index contributed by atoms with van der Waals surface area (Å²) in [6.07, 6.45) is 7.82. The fourth-order valence-electron chi connectivity index (χ4n) is 4.48. The van der Waals surface area contributed by atoms with Gasteiger partial charge in [0, 0.05) is 30.9 Å². The Balaban J connectivity index is 1.36. The molecule has 0 aliphatic carbocycles. The molecule has 0 saturated carbocycles. The van der Waals surface area contributed by atoms with Crippen molar-refractivity contribution in [3.8, 4) is 0 Å². The summed E-state index contributed by atoms with van der Waals surface area (Å²) in [5.74, 6) is -0.197. The van der Waals surface area contributed by atoms with Crippen molar-refractivity contribution in [2.24, 2.45) is 0 Å². The maximum atomic E-state index is 12.9. The van der Waals surface area contributed by atoms with Gasteiger partial charge in [-0.05, 0) is 80.7 Å². The van der Waals surface area contributed by atoms with Crippen LogP contribution in [0.4, 0.5) is 5.69 Å². The Morgan fingerprint density at radius 3 is 1.94 bits per heavy atom. The number of carbonyl (C=O) groups excluding carboxylic acids is 1. The molecule has 6 nitrogen and oxygen atoms in total. The van der Waals surface area contributed by atoms with Crippen LogP contribution in [0.2, 0.25) is 0 Å². The molecule has 2 aromatic carbocycles. The van der Waals surface area contributed by atoms with Gasteiger partial charge >= 0.3 is 0 Å². The Morgan fingerprint density at radius 2 is 1.31 bits per heavy atom. The van der Waals surface area contributed by atoms with Crippen molar-refractivity contribution < 1.29 is 13.2 Å². The maximum absolute atomic E-state index is 12.9. The van der Waals surface area contributed by atoms with Crippen molar-refractivity contribution in [3.63, 3.8) is 0 Å². The summed E-state index contributed by atoms with van der Waals surface area (Å²) >= 11 is 0. The molecule has 2 saturated heterocycles. The predicted octanol–water partition coefficient (Wildman–Crippen LogP) is 4.49. The third-order valence-electron chi connectivity index (χ3n) is 6.39. The van der Waals surface area contributed by atoms with Crippen LogP contribution in [0.5, 0.6) is 0 Å². The lowest BCUT2D eigenvalue weighted by Gasteiger charge is -2.26. The second-order valence-corrected chi connectivity index (χ2v) is 10.8. The van der Waals surface area contributed by atoms with Gasteiger partial charge in [0.2, 0.25) is 10.0 Å². The van der Waals surface area contributed by atoms with Crippen LogP contribution in [-0.2, 0) is 16.6 Å². The van der Waals surface area contributed by atoms with E-state index >= 15 is 0 Å². The number of benzene rings is 2. The molecule has 0 unspecified atom stereocenters. The van der Waals surface area contributed by atoms with Gasteiger partial charge in [0.25, 0.3) is 5.91 Å². The molecule has 2 fully saturated rings. The van der Waals surface area contributed by atoms with E-state index in [-0.39, 0.29) is 10.8 Å². The molecular weight excluding hydrogens is 422 g/mol. The molecule has 0 aromatic heterocycles. The first-order chi connectivity index (χ1) is 15.5. The van der Waals surface area contributed by atoms with Gasteiger partial charge in [-0.15, -0.1) is 0 Å². The minimum Gasteiger partial charge on any atom is -0.322 e. The van der Waals surface area contributed by atoms with Gasteiger partial charge in [-0.1, -0.05) is 31.4 Å². The highest BCUT2D eigenvalue weighted by Gasteiger charge is 2.25. The zero-order valence-electron chi connectivity index (χ0n) is 18.6. The third kappa shape index (κ3) is 5.77. The van der Waals surface area contributed by atoms with Crippen LogP contribution in [0.3, 0.4) is 0 Å². The molecule has 4 rings (SSSR count). The van der Waals surface area contributed by atoms with Gasteiger partial charge in [0.1, 0.15) is 0 Å². The summed E-state index contributed by atoms with van der Waals surface area (Å²) in [6.45, 7) is 4.37. The van der Waals surface area contributed by atoms with Crippen LogP contribution in [-0.4, -0.2) is 49.7 Å². The van der Waals surface area contributed by atoms with Crippen molar-refractivity contribution in [2.45, 2.75) is 56.4 Å². The zero-order chi connectivity index (χ0) is 22.4. The van der Waals surface area contributed by atoms with Crippen LogP contribution in [0.25, 0.3) is 0 Å². The monoisotopic (exact) mass is 455 g/mol. The highest BCUT2D eigenvalue weighted by molar-refractivity contribution is 7.89. The average molecular weight is 456 g/mol. The minimum atomic E-state index is -3.48. The van der Waals surface area contributed by atoms with Crippen molar-refractivity contribution in [1.82, 2.24) is 9.21 Å². The second-order valence-electron chi connectivity index (χ2n) is 8.83. The standard InChI is InChI=1S/C25H33N3O3S/c29-25(22-10-8-21(9-11-22)20-27-16-4-3-5-17-27)26-23-12-14-24(15-13-23)32(30,31)28-18-6-1-2-7-19-28/h8-15H,1-7,16-20H2,(H,26,29). The third-order valence-corrected chi connectivity index (χ3v) is 8.30. The van der Waals surface area contributed by atoms with E-state index in [2.05, 4.69) is 10.2 Å². The molecule has 32 heavy (non-hydrogen) atoms. The summed E-state index contributed by atoms with van der Waals surface area (Å²) in [6, 6.07) is 14.2. The molecule has 0 bridgehead atoms. The number of likely N-dealkylation sites (tertiary alicyclic amines) is 1. The number of carbonyl (C=O) groups is 1. The van der Waals surface area contributed by atoms with E-state index in [4.69, 9.17) is 0 Å². The Morgan fingerprint density at radius 1 is 0.750 bits per heavy atom. The largest absolute Gasteiger partial charge is 0.322 e. The minimum absolute atomic E-state index is 0.197. The van der Waals surface area contributed by atoms with Crippen LogP contribution in [0.15, 0.2) is 53.4 Å². The number of piperidine rings is 1. The van der Waals surface area contributed by atoms with Gasteiger partial charge < -0.3 is 5.32 Å². The molecule has 172 valence electrons. The molecule has 2 heterocycles. The molecule has 2 aliphatic heterocycles. The van der Waals surface area contributed by atoms with E-state index in [9.17, 15) is 13.2 Å². The number of hydrogen-bond acceptors (Lipinski definition) is 4. The quantitative estimate of drug-likeness (QED) is 0.697. The normalized spacial score (nSPS) is 18.8. The Bertz CT molecular complexity index is 990. The van der Waals surface area contributed by atoms with Crippen LogP contribution < -0.4 is 5.32 Å². The van der Waals surface area contributed by atoms with E-state index < -0.39 is 10.0 Å². The first-order valence-corrected chi connectivity index (χ1v) is 13.2. The molecule has 0 atom stereocenters. The van der Waals surface area contributed by atoms with E-state index in [0.29, 0.717) is 24.3 Å². The van der Waals surface area contributed by atoms with Gasteiger partial charge in [-0.2, -0.15) is 4.31 Å². The summed E-state index contributed by atoms with van der Waals surface area (Å²) < 4.78 is 27.4. The number of nitrogens with zero attached hydrogens (tertiary/aromatic N) is 2. The molecule has 0 radical (unpaired) electrons. The number of hydrogen-bond donors (Lipinski definition) is 1. The average Bonchev–Trinajstić information content (AvgIpc) is 3.11. The Labute approximate surface area is 191 Å². The first-order valence-electron chi connectivity index (χ1n) is 11.8. The zero-order valence-corrected chi connectivity index (χ0v) is 19.4. The fraction of sp³-hybridized carbons (Fsp3) is 0.480.